The number of benzene rings is 4. The predicted octanol–water partition coefficient (Wildman–Crippen LogP) is 10.6. The SMILES string of the molecule is CC(C)c1cccc(C(C)C)c1-n1c(-c2[c-]sc3ccc(F)cc23)nc2ccccc21.[Ir].[c-]1ccccc1-c1ccccn1. The van der Waals surface area contributed by atoms with Crippen LogP contribution in [0.3, 0.4) is 0 Å². The van der Waals surface area contributed by atoms with E-state index in [0.29, 0.717) is 11.8 Å². The molecule has 223 valence electrons. The Balaban J connectivity index is 0.000000248. The molecule has 44 heavy (non-hydrogen) atoms. The van der Waals surface area contributed by atoms with E-state index in [0.717, 1.165) is 43.8 Å². The maximum absolute atomic E-state index is 14.1. The Morgan fingerprint density at radius 3 is 2.20 bits per heavy atom. The van der Waals surface area contributed by atoms with Gasteiger partial charge >= 0.3 is 0 Å². The first-order chi connectivity index (χ1) is 20.9. The van der Waals surface area contributed by atoms with Gasteiger partial charge in [0.25, 0.3) is 0 Å². The third-order valence-corrected chi connectivity index (χ3v) is 8.36. The van der Waals surface area contributed by atoms with E-state index in [1.54, 1.807) is 12.3 Å². The summed E-state index contributed by atoms with van der Waals surface area (Å²) in [6.45, 7) is 8.90. The zero-order chi connectivity index (χ0) is 29.9. The molecule has 0 N–H and O–H groups in total. The van der Waals surface area contributed by atoms with Gasteiger partial charge in [-0.25, -0.2) is 4.39 Å². The third-order valence-electron chi connectivity index (χ3n) is 7.47. The molecular weight excluding hydrogens is 742 g/mol. The van der Waals surface area contributed by atoms with Gasteiger partial charge in [0.1, 0.15) is 5.82 Å². The third kappa shape index (κ3) is 6.30. The van der Waals surface area contributed by atoms with Gasteiger partial charge in [-0.05, 0) is 52.9 Å². The quantitative estimate of drug-likeness (QED) is 0.163. The van der Waals surface area contributed by atoms with Crippen molar-refractivity contribution in [3.8, 4) is 28.3 Å². The van der Waals surface area contributed by atoms with E-state index in [9.17, 15) is 4.39 Å². The van der Waals surface area contributed by atoms with Crippen LogP contribution in [0.5, 0.6) is 0 Å². The molecule has 3 nitrogen and oxygen atoms in total. The number of nitrogens with zero attached hydrogens (tertiary/aromatic N) is 3. The summed E-state index contributed by atoms with van der Waals surface area (Å²) in [5, 5.41) is 4.27. The molecule has 0 unspecified atom stereocenters. The van der Waals surface area contributed by atoms with Crippen LogP contribution in [-0.4, -0.2) is 14.5 Å². The Labute approximate surface area is 275 Å². The number of thiophene rings is 1. The average Bonchev–Trinajstić information content (AvgIpc) is 3.62. The van der Waals surface area contributed by atoms with Gasteiger partial charge in [0.05, 0.1) is 16.9 Å². The molecule has 0 aliphatic rings. The molecule has 0 saturated heterocycles. The standard InChI is InChI=1S/C27H24FN2S.C11H8N.Ir/c1-16(2)19-8-7-9-20(17(3)4)26(19)30-24-11-6-5-10-23(24)29-27(30)22-15-31-25-13-12-18(28)14-21(22)25;1-2-6-10(7-3-1)11-8-4-5-9-12-11;/h5-14,16-17H,1-4H3;1-6,8-9H;/q2*-1;. The Morgan fingerprint density at radius 1 is 0.795 bits per heavy atom. The van der Waals surface area contributed by atoms with Crippen LogP contribution in [0.15, 0.2) is 109 Å². The summed E-state index contributed by atoms with van der Waals surface area (Å²) >= 11 is 1.51. The Bertz CT molecular complexity index is 1930. The zero-order valence-electron chi connectivity index (χ0n) is 25.0. The molecule has 3 aromatic heterocycles. The predicted molar refractivity (Wildman–Crippen MR) is 177 cm³/mol. The Kier molecular flexibility index (Phi) is 9.85. The maximum atomic E-state index is 14.1. The van der Waals surface area contributed by atoms with Crippen molar-refractivity contribution in [1.82, 2.24) is 14.5 Å². The molecular formula is C38H32FIrN3S-2. The van der Waals surface area contributed by atoms with Crippen LogP contribution in [0.2, 0.25) is 0 Å². The number of rotatable bonds is 5. The summed E-state index contributed by atoms with van der Waals surface area (Å²) < 4.78 is 17.4. The largest absolute Gasteiger partial charge is 0.333 e. The molecule has 0 atom stereocenters. The maximum Gasteiger partial charge on any atom is 0.113 e. The fraction of sp³-hybridized carbons (Fsp3) is 0.158. The van der Waals surface area contributed by atoms with Gasteiger partial charge < -0.3 is 9.55 Å². The van der Waals surface area contributed by atoms with Gasteiger partial charge in [0.2, 0.25) is 0 Å². The van der Waals surface area contributed by atoms with E-state index < -0.39 is 0 Å². The first kappa shape index (κ1) is 31.5. The van der Waals surface area contributed by atoms with Crippen molar-refractivity contribution in [2.75, 3.05) is 0 Å². The molecule has 7 rings (SSSR count). The van der Waals surface area contributed by atoms with Crippen molar-refractivity contribution in [1.29, 1.82) is 0 Å². The van der Waals surface area contributed by atoms with E-state index >= 15 is 0 Å². The second-order valence-corrected chi connectivity index (χ2v) is 11.9. The van der Waals surface area contributed by atoms with Crippen molar-refractivity contribution in [3.63, 3.8) is 0 Å². The number of imidazole rings is 1. The summed E-state index contributed by atoms with van der Waals surface area (Å²) in [7, 11) is 0. The minimum absolute atomic E-state index is 0. The first-order valence-electron chi connectivity index (χ1n) is 14.5. The fourth-order valence-electron chi connectivity index (χ4n) is 5.38. The molecule has 4 aromatic carbocycles. The van der Waals surface area contributed by atoms with Gasteiger partial charge in [-0.2, -0.15) is 0 Å². The zero-order valence-corrected chi connectivity index (χ0v) is 28.2. The first-order valence-corrected chi connectivity index (χ1v) is 15.3. The number of pyridine rings is 1. The number of halogens is 1. The molecule has 0 aliphatic carbocycles. The van der Waals surface area contributed by atoms with E-state index in [-0.39, 0.29) is 25.9 Å². The molecule has 0 saturated carbocycles. The number of aromatic nitrogens is 3. The monoisotopic (exact) mass is 774 g/mol. The second-order valence-electron chi connectivity index (χ2n) is 11.1. The summed E-state index contributed by atoms with van der Waals surface area (Å²) in [6.07, 6.45) is 1.79. The average molecular weight is 774 g/mol. The Morgan fingerprint density at radius 2 is 1.52 bits per heavy atom. The summed E-state index contributed by atoms with van der Waals surface area (Å²) in [5.41, 5.74) is 8.58. The fourth-order valence-corrected chi connectivity index (χ4v) is 6.20. The van der Waals surface area contributed by atoms with E-state index in [2.05, 4.69) is 73.0 Å². The molecule has 0 bridgehead atoms. The van der Waals surface area contributed by atoms with Crippen LogP contribution in [0.25, 0.3) is 49.5 Å². The molecule has 1 radical (unpaired) electrons. The molecule has 0 amide bonds. The van der Waals surface area contributed by atoms with Crippen molar-refractivity contribution >= 4 is 32.5 Å². The smallest absolute Gasteiger partial charge is 0.113 e. The van der Waals surface area contributed by atoms with Gasteiger partial charge in [0, 0.05) is 32.0 Å². The van der Waals surface area contributed by atoms with Gasteiger partial charge in [-0.3, -0.25) is 16.3 Å². The van der Waals surface area contributed by atoms with Crippen LogP contribution in [-0.2, 0) is 20.1 Å². The molecule has 6 heteroatoms. The number of hydrogen-bond acceptors (Lipinski definition) is 3. The van der Waals surface area contributed by atoms with E-state index in [1.807, 2.05) is 66.7 Å². The van der Waals surface area contributed by atoms with Crippen LogP contribution in [0, 0.1) is 17.3 Å². The molecule has 0 spiro atoms. The van der Waals surface area contributed by atoms with Crippen molar-refractivity contribution in [2.45, 2.75) is 39.5 Å². The summed E-state index contributed by atoms with van der Waals surface area (Å²) in [6, 6.07) is 36.5. The van der Waals surface area contributed by atoms with Gasteiger partial charge in [-0.15, -0.1) is 41.3 Å². The van der Waals surface area contributed by atoms with Gasteiger partial charge in [0.15, 0.2) is 0 Å². The van der Waals surface area contributed by atoms with E-state index in [1.165, 1.54) is 34.2 Å². The molecule has 7 aromatic rings. The summed E-state index contributed by atoms with van der Waals surface area (Å²) in [4.78, 5) is 9.25. The molecule has 0 fully saturated rings. The van der Waals surface area contributed by atoms with Crippen molar-refractivity contribution in [3.05, 3.63) is 138 Å². The number of hydrogen-bond donors (Lipinski definition) is 0. The normalized spacial score (nSPS) is 11.1. The van der Waals surface area contributed by atoms with Crippen LogP contribution < -0.4 is 0 Å². The Hall–Kier alpha value is -3.96. The molecule has 0 aliphatic heterocycles. The van der Waals surface area contributed by atoms with Crippen LogP contribution in [0.1, 0.15) is 50.7 Å². The topological polar surface area (TPSA) is 30.7 Å². The van der Waals surface area contributed by atoms with Crippen LogP contribution >= 0.6 is 11.3 Å². The van der Waals surface area contributed by atoms with Crippen molar-refractivity contribution in [2.24, 2.45) is 0 Å². The minimum Gasteiger partial charge on any atom is -0.333 e. The number of para-hydroxylation sites is 3. The second kappa shape index (κ2) is 13.8. The van der Waals surface area contributed by atoms with Gasteiger partial charge in [-0.1, -0.05) is 97.9 Å². The van der Waals surface area contributed by atoms with Crippen LogP contribution in [0.4, 0.5) is 4.39 Å². The summed E-state index contributed by atoms with van der Waals surface area (Å²) in [5.74, 6) is 1.27. The minimum atomic E-state index is -0.242. The molecule has 3 heterocycles. The van der Waals surface area contributed by atoms with E-state index in [4.69, 9.17) is 4.98 Å². The number of fused-ring (bicyclic) bond motifs is 2. The van der Waals surface area contributed by atoms with Crippen molar-refractivity contribution < 1.29 is 24.5 Å².